The number of fused-ring (bicyclic) bond motifs is 1. The van der Waals surface area contributed by atoms with Gasteiger partial charge in [-0.2, -0.15) is 0 Å². The highest BCUT2D eigenvalue weighted by atomic mass is 16.5. The van der Waals surface area contributed by atoms with E-state index in [4.69, 9.17) is 14.2 Å². The van der Waals surface area contributed by atoms with Gasteiger partial charge in [-0.25, -0.2) is 14.4 Å². The number of carbonyl (C=O) groups is 3. The topological polar surface area (TPSA) is 146 Å². The van der Waals surface area contributed by atoms with Crippen LogP contribution in [0.4, 0.5) is 31.4 Å². The summed E-state index contributed by atoms with van der Waals surface area (Å²) in [6, 6.07) is 18.3. The smallest absolute Gasteiger partial charge is 0.411 e. The number of anilines is 3. The van der Waals surface area contributed by atoms with Crippen molar-refractivity contribution in [2.75, 3.05) is 56.3 Å². The van der Waals surface area contributed by atoms with Gasteiger partial charge >= 0.3 is 18.2 Å². The molecule has 2 heterocycles. The summed E-state index contributed by atoms with van der Waals surface area (Å²) in [5.74, 6) is 1.55. The van der Waals surface area contributed by atoms with E-state index < -0.39 is 12.1 Å². The lowest BCUT2D eigenvalue weighted by molar-refractivity contribution is 0.0874. The number of carbonyl (C=O) groups excluding carboxylic acids is 3. The van der Waals surface area contributed by atoms with Crippen LogP contribution in [-0.2, 0) is 16.7 Å². The number of nitrogens with zero attached hydrogens (tertiary/aromatic N) is 3. The van der Waals surface area contributed by atoms with Crippen LogP contribution >= 0.6 is 0 Å². The van der Waals surface area contributed by atoms with Gasteiger partial charge in [0.05, 0.1) is 37.0 Å². The number of rotatable bonds is 10. The van der Waals surface area contributed by atoms with E-state index >= 15 is 0 Å². The minimum Gasteiger partial charge on any atom is -0.492 e. The average molecular weight is 712 g/mol. The molecule has 1 saturated heterocycles. The summed E-state index contributed by atoms with van der Waals surface area (Å²) in [6.45, 7) is 13.6. The van der Waals surface area contributed by atoms with Crippen LogP contribution in [0.1, 0.15) is 52.3 Å². The van der Waals surface area contributed by atoms with Crippen LogP contribution in [-0.4, -0.2) is 79.4 Å². The number of ether oxygens (including phenoxy) is 3. The third-order valence-electron chi connectivity index (χ3n) is 8.99. The first kappa shape index (κ1) is 37.7. The summed E-state index contributed by atoms with van der Waals surface area (Å²) in [4.78, 5) is 47.0. The van der Waals surface area contributed by atoms with E-state index in [0.717, 1.165) is 41.5 Å². The Hall–Kier alpha value is -5.56. The van der Waals surface area contributed by atoms with Crippen molar-refractivity contribution in [3.63, 3.8) is 0 Å². The minimum absolute atomic E-state index is 0.00804. The van der Waals surface area contributed by atoms with Gasteiger partial charge in [-0.1, -0.05) is 52.0 Å². The zero-order valence-corrected chi connectivity index (χ0v) is 31.0. The maximum absolute atomic E-state index is 13.5. The molecule has 4 aromatic rings. The summed E-state index contributed by atoms with van der Waals surface area (Å²) < 4.78 is 16.8. The monoisotopic (exact) mass is 711 g/mol. The molecule has 1 fully saturated rings. The summed E-state index contributed by atoms with van der Waals surface area (Å²) in [6.07, 6.45) is 1.96. The summed E-state index contributed by atoms with van der Waals surface area (Å²) in [5, 5.41) is 13.1. The van der Waals surface area contributed by atoms with Gasteiger partial charge in [0, 0.05) is 61.8 Å². The van der Waals surface area contributed by atoms with Gasteiger partial charge in [0.15, 0.2) is 5.75 Å². The second-order valence-corrected chi connectivity index (χ2v) is 13.6. The molecular weight excluding hydrogens is 662 g/mol. The molecule has 1 aromatic heterocycles. The number of piperazine rings is 1. The molecule has 13 heteroatoms. The zero-order valence-electron chi connectivity index (χ0n) is 31.0. The molecule has 1 aliphatic heterocycles. The molecule has 0 radical (unpaired) electrons. The number of amides is 5. The number of benzene rings is 3. The van der Waals surface area contributed by atoms with Crippen molar-refractivity contribution in [2.24, 2.45) is 0 Å². The van der Waals surface area contributed by atoms with E-state index in [1.54, 1.807) is 18.3 Å². The molecule has 1 unspecified atom stereocenters. The second kappa shape index (κ2) is 16.6. The van der Waals surface area contributed by atoms with E-state index in [-0.39, 0.29) is 23.2 Å². The highest BCUT2D eigenvalue weighted by molar-refractivity contribution is 6.08. The standard InChI is InChI=1S/C39H49N7O6/c1-8-27-24-45(18-19-46(27)37(48)40-9-2)23-26-22-28(16-17-41-26)52-34-15-14-31(29-12-10-11-13-30(29)34)42-36(47)43-32-20-25(39(3,4)5)21-33(35(32)50-6)44-38(49)51-7/h10-17,20-22,27H,8-9,18-19,23-24H2,1-7H3,(H,40,48)(H,44,49)(H2,42,43,47). The third-order valence-corrected chi connectivity index (χ3v) is 8.99. The minimum atomic E-state index is -0.658. The predicted octanol–water partition coefficient (Wildman–Crippen LogP) is 7.78. The number of nitrogens with one attached hydrogen (secondary N) is 4. The molecule has 0 bridgehead atoms. The molecule has 276 valence electrons. The molecule has 13 nitrogen and oxygen atoms in total. The SMILES string of the molecule is CCNC(=O)N1CCN(Cc2cc(Oc3ccc(NC(=O)Nc4cc(C(C)(C)C)cc(NC(=O)OC)c4OC)c4ccccc34)ccn2)CC1CC. The van der Waals surface area contributed by atoms with Crippen LogP contribution in [0.2, 0.25) is 0 Å². The first-order valence-corrected chi connectivity index (χ1v) is 17.5. The molecule has 4 N–H and O–H groups in total. The maximum atomic E-state index is 13.5. The van der Waals surface area contributed by atoms with Gasteiger partial charge in [0.1, 0.15) is 11.5 Å². The summed E-state index contributed by atoms with van der Waals surface area (Å²) in [7, 11) is 2.74. The van der Waals surface area contributed by atoms with Crippen LogP contribution in [0, 0.1) is 0 Å². The molecule has 0 saturated carbocycles. The Balaban J connectivity index is 1.32. The summed E-state index contributed by atoms with van der Waals surface area (Å²) >= 11 is 0. The molecule has 0 spiro atoms. The molecule has 5 rings (SSSR count). The number of hydrogen-bond donors (Lipinski definition) is 4. The largest absolute Gasteiger partial charge is 0.492 e. The van der Waals surface area contributed by atoms with Crippen molar-refractivity contribution < 1.29 is 28.6 Å². The van der Waals surface area contributed by atoms with Crippen molar-refractivity contribution >= 4 is 46.0 Å². The van der Waals surface area contributed by atoms with Crippen LogP contribution in [0.5, 0.6) is 17.2 Å². The third kappa shape index (κ3) is 9.02. The van der Waals surface area contributed by atoms with E-state index in [1.165, 1.54) is 14.2 Å². The highest BCUT2D eigenvalue weighted by Gasteiger charge is 2.29. The van der Waals surface area contributed by atoms with E-state index in [0.29, 0.717) is 48.2 Å². The van der Waals surface area contributed by atoms with Gasteiger partial charge in [-0.05, 0) is 54.7 Å². The Bertz CT molecular complexity index is 1910. The van der Waals surface area contributed by atoms with Crippen molar-refractivity contribution in [2.45, 2.75) is 59.0 Å². The predicted molar refractivity (Wildman–Crippen MR) is 204 cm³/mol. The van der Waals surface area contributed by atoms with Gasteiger partial charge in [-0.3, -0.25) is 15.2 Å². The molecule has 1 aliphatic rings. The van der Waals surface area contributed by atoms with E-state index in [2.05, 4.69) is 38.1 Å². The van der Waals surface area contributed by atoms with Crippen molar-refractivity contribution in [3.05, 3.63) is 78.1 Å². The Kier molecular flexibility index (Phi) is 12.1. The normalized spacial score (nSPS) is 14.8. The number of methoxy groups -OCH3 is 2. The van der Waals surface area contributed by atoms with Crippen molar-refractivity contribution in [1.82, 2.24) is 20.1 Å². The lowest BCUT2D eigenvalue weighted by Crippen LogP contribution is -2.57. The first-order chi connectivity index (χ1) is 24.9. The van der Waals surface area contributed by atoms with Crippen LogP contribution in [0.25, 0.3) is 10.8 Å². The van der Waals surface area contributed by atoms with Gasteiger partial charge in [-0.15, -0.1) is 0 Å². The molecule has 5 amide bonds. The fraction of sp³-hybridized carbons (Fsp3) is 0.385. The van der Waals surface area contributed by atoms with Crippen LogP contribution < -0.4 is 30.7 Å². The lowest BCUT2D eigenvalue weighted by atomic mass is 9.86. The van der Waals surface area contributed by atoms with Gasteiger partial charge in [0.2, 0.25) is 0 Å². The fourth-order valence-corrected chi connectivity index (χ4v) is 6.27. The van der Waals surface area contributed by atoms with Crippen LogP contribution in [0.15, 0.2) is 66.9 Å². The number of pyridine rings is 1. The number of urea groups is 2. The number of aromatic nitrogens is 1. The quantitative estimate of drug-likeness (QED) is 0.131. The summed E-state index contributed by atoms with van der Waals surface area (Å²) in [5.41, 5.74) is 2.76. The lowest BCUT2D eigenvalue weighted by Gasteiger charge is -2.41. The van der Waals surface area contributed by atoms with Crippen LogP contribution in [0.3, 0.4) is 0 Å². The molecule has 0 aliphatic carbocycles. The Labute approximate surface area is 305 Å². The van der Waals surface area contributed by atoms with Crippen molar-refractivity contribution in [3.8, 4) is 17.2 Å². The molecular formula is C39H49N7O6. The highest BCUT2D eigenvalue weighted by Crippen LogP contribution is 2.39. The second-order valence-electron chi connectivity index (χ2n) is 13.6. The molecule has 1 atom stereocenters. The van der Waals surface area contributed by atoms with E-state index in [9.17, 15) is 14.4 Å². The van der Waals surface area contributed by atoms with Gasteiger partial charge < -0.3 is 35.1 Å². The first-order valence-electron chi connectivity index (χ1n) is 17.5. The fourth-order valence-electron chi connectivity index (χ4n) is 6.27. The Morgan fingerprint density at radius 1 is 0.885 bits per heavy atom. The molecule has 52 heavy (non-hydrogen) atoms. The van der Waals surface area contributed by atoms with E-state index in [1.807, 2.05) is 81.1 Å². The van der Waals surface area contributed by atoms with Crippen molar-refractivity contribution in [1.29, 1.82) is 0 Å². The Morgan fingerprint density at radius 2 is 1.60 bits per heavy atom. The average Bonchev–Trinajstić information content (AvgIpc) is 3.12. The number of hydrogen-bond acceptors (Lipinski definition) is 8. The molecule has 3 aromatic carbocycles. The zero-order chi connectivity index (χ0) is 37.4. The van der Waals surface area contributed by atoms with Gasteiger partial charge in [0.25, 0.3) is 0 Å². The Morgan fingerprint density at radius 3 is 2.27 bits per heavy atom. The maximum Gasteiger partial charge on any atom is 0.411 e.